The molecule has 168 valence electrons. The molecule has 9 nitrogen and oxygen atoms in total. The van der Waals surface area contributed by atoms with Crippen molar-refractivity contribution in [2.45, 2.75) is 25.8 Å². The number of hydrogen-bond donors (Lipinski definition) is 0. The van der Waals surface area contributed by atoms with Crippen molar-refractivity contribution in [3.05, 3.63) is 60.0 Å². The van der Waals surface area contributed by atoms with Crippen molar-refractivity contribution >= 4 is 5.91 Å². The molecule has 0 N–H and O–H groups in total. The van der Waals surface area contributed by atoms with Gasteiger partial charge in [0.25, 0.3) is 5.91 Å². The summed E-state index contributed by atoms with van der Waals surface area (Å²) >= 11 is 0. The van der Waals surface area contributed by atoms with E-state index in [1.54, 1.807) is 12.4 Å². The SMILES string of the molecule is O=C(c1cc(CN2CCOCC2)on1)N1CCCC(Cc2nncn2-c2ccccc2)C1. The van der Waals surface area contributed by atoms with E-state index in [1.807, 2.05) is 39.8 Å². The van der Waals surface area contributed by atoms with Gasteiger partial charge < -0.3 is 14.2 Å². The van der Waals surface area contributed by atoms with Crippen molar-refractivity contribution in [1.29, 1.82) is 0 Å². The third-order valence-electron chi connectivity index (χ3n) is 6.19. The van der Waals surface area contributed by atoms with Gasteiger partial charge in [0.1, 0.15) is 12.2 Å². The van der Waals surface area contributed by atoms with E-state index in [1.165, 1.54) is 0 Å². The number of ether oxygens (including phenoxy) is 1. The summed E-state index contributed by atoms with van der Waals surface area (Å²) < 4.78 is 12.9. The summed E-state index contributed by atoms with van der Waals surface area (Å²) in [4.78, 5) is 17.2. The molecular weight excluding hydrogens is 408 g/mol. The number of hydrogen-bond acceptors (Lipinski definition) is 7. The number of amides is 1. The highest BCUT2D eigenvalue weighted by Gasteiger charge is 2.28. The number of benzene rings is 1. The van der Waals surface area contributed by atoms with Crippen LogP contribution in [0.5, 0.6) is 0 Å². The second-order valence-corrected chi connectivity index (χ2v) is 8.48. The molecule has 2 aliphatic heterocycles. The summed E-state index contributed by atoms with van der Waals surface area (Å²) in [5.74, 6) is 1.92. The van der Waals surface area contributed by atoms with E-state index in [4.69, 9.17) is 9.26 Å². The first kappa shape index (κ1) is 20.8. The summed E-state index contributed by atoms with van der Waals surface area (Å²) in [7, 11) is 0. The van der Waals surface area contributed by atoms with Gasteiger partial charge in [0, 0.05) is 44.4 Å². The van der Waals surface area contributed by atoms with E-state index in [9.17, 15) is 4.79 Å². The maximum absolute atomic E-state index is 13.1. The standard InChI is InChI=1S/C23H28N6O3/c30-23(21-14-20(32-26-21)16-27-9-11-31-12-10-27)28-8-4-5-18(15-28)13-22-25-24-17-29(22)19-6-2-1-3-7-19/h1-3,6-7,14,17-18H,4-5,8-13,15-16H2. The lowest BCUT2D eigenvalue weighted by Gasteiger charge is -2.32. The number of carbonyl (C=O) groups excluding carboxylic acids is 1. The molecule has 9 heteroatoms. The summed E-state index contributed by atoms with van der Waals surface area (Å²) in [6, 6.07) is 11.9. The molecule has 3 aromatic rings. The Labute approximate surface area is 187 Å². The van der Waals surface area contributed by atoms with Crippen LogP contribution in [0.3, 0.4) is 0 Å². The van der Waals surface area contributed by atoms with Crippen LogP contribution in [0.2, 0.25) is 0 Å². The molecule has 32 heavy (non-hydrogen) atoms. The first-order valence-corrected chi connectivity index (χ1v) is 11.3. The molecule has 1 atom stereocenters. The van der Waals surface area contributed by atoms with E-state index in [0.717, 1.165) is 69.4 Å². The molecular formula is C23H28N6O3. The minimum atomic E-state index is -0.0591. The maximum Gasteiger partial charge on any atom is 0.276 e. The zero-order valence-electron chi connectivity index (χ0n) is 18.1. The van der Waals surface area contributed by atoms with E-state index in [-0.39, 0.29) is 5.91 Å². The average molecular weight is 437 g/mol. The average Bonchev–Trinajstić information content (AvgIpc) is 3.50. The van der Waals surface area contributed by atoms with Crippen LogP contribution in [-0.4, -0.2) is 75.0 Å². The van der Waals surface area contributed by atoms with Crippen molar-refractivity contribution in [2.75, 3.05) is 39.4 Å². The van der Waals surface area contributed by atoms with E-state index in [0.29, 0.717) is 24.7 Å². The molecule has 2 fully saturated rings. The summed E-state index contributed by atoms with van der Waals surface area (Å²) in [6.07, 6.45) is 4.56. The third kappa shape index (κ3) is 4.73. The molecule has 0 radical (unpaired) electrons. The van der Waals surface area contributed by atoms with Crippen LogP contribution in [0.1, 0.15) is 34.9 Å². The van der Waals surface area contributed by atoms with Gasteiger partial charge >= 0.3 is 0 Å². The Balaban J connectivity index is 1.21. The number of carbonyl (C=O) groups is 1. The Bertz CT molecular complexity index is 1030. The smallest absolute Gasteiger partial charge is 0.276 e. The highest BCUT2D eigenvalue weighted by Crippen LogP contribution is 2.23. The first-order valence-electron chi connectivity index (χ1n) is 11.3. The van der Waals surface area contributed by atoms with Crippen LogP contribution < -0.4 is 0 Å². The quantitative estimate of drug-likeness (QED) is 0.585. The second kappa shape index (κ2) is 9.62. The Hall–Kier alpha value is -3.04. The lowest BCUT2D eigenvalue weighted by molar-refractivity contribution is 0.0305. The monoisotopic (exact) mass is 436 g/mol. The zero-order chi connectivity index (χ0) is 21.8. The Kier molecular flexibility index (Phi) is 6.27. The summed E-state index contributed by atoms with van der Waals surface area (Å²) in [5, 5.41) is 12.5. The van der Waals surface area contributed by atoms with Gasteiger partial charge in [-0.15, -0.1) is 10.2 Å². The molecule has 0 spiro atoms. The fourth-order valence-corrected chi connectivity index (χ4v) is 4.51. The van der Waals surface area contributed by atoms with Crippen LogP contribution >= 0.6 is 0 Å². The fraction of sp³-hybridized carbons (Fsp3) is 0.478. The highest BCUT2D eigenvalue weighted by atomic mass is 16.5. The van der Waals surface area contributed by atoms with Gasteiger partial charge in [-0.1, -0.05) is 23.4 Å². The largest absolute Gasteiger partial charge is 0.379 e. The van der Waals surface area contributed by atoms with Crippen molar-refractivity contribution < 1.29 is 14.1 Å². The lowest BCUT2D eigenvalue weighted by atomic mass is 9.94. The summed E-state index contributed by atoms with van der Waals surface area (Å²) in [5.41, 5.74) is 1.44. The van der Waals surface area contributed by atoms with Gasteiger partial charge in [-0.05, 0) is 30.9 Å². The van der Waals surface area contributed by atoms with Crippen LogP contribution in [0.25, 0.3) is 5.69 Å². The predicted molar refractivity (Wildman–Crippen MR) is 116 cm³/mol. The van der Waals surface area contributed by atoms with Crippen LogP contribution in [0, 0.1) is 5.92 Å². The van der Waals surface area contributed by atoms with Gasteiger partial charge in [-0.3, -0.25) is 14.3 Å². The normalized spacial score (nSPS) is 19.9. The topological polar surface area (TPSA) is 89.5 Å². The Morgan fingerprint density at radius 3 is 2.81 bits per heavy atom. The minimum absolute atomic E-state index is 0.0591. The van der Waals surface area contributed by atoms with Crippen molar-refractivity contribution in [2.24, 2.45) is 5.92 Å². The fourth-order valence-electron chi connectivity index (χ4n) is 4.51. The van der Waals surface area contributed by atoms with Crippen molar-refractivity contribution in [3.63, 3.8) is 0 Å². The molecule has 0 bridgehead atoms. The maximum atomic E-state index is 13.1. The number of piperidine rings is 1. The van der Waals surface area contributed by atoms with Crippen LogP contribution in [-0.2, 0) is 17.7 Å². The van der Waals surface area contributed by atoms with E-state index >= 15 is 0 Å². The van der Waals surface area contributed by atoms with Gasteiger partial charge in [0.05, 0.1) is 19.8 Å². The van der Waals surface area contributed by atoms with E-state index < -0.39 is 0 Å². The highest BCUT2D eigenvalue weighted by molar-refractivity contribution is 5.92. The molecule has 0 saturated carbocycles. The lowest BCUT2D eigenvalue weighted by Crippen LogP contribution is -2.40. The van der Waals surface area contributed by atoms with Crippen molar-refractivity contribution in [1.82, 2.24) is 29.7 Å². The minimum Gasteiger partial charge on any atom is -0.379 e. The molecule has 1 amide bonds. The number of rotatable bonds is 6. The van der Waals surface area contributed by atoms with Gasteiger partial charge in [-0.2, -0.15) is 0 Å². The Morgan fingerprint density at radius 1 is 1.12 bits per heavy atom. The summed E-state index contributed by atoms with van der Waals surface area (Å²) in [6.45, 7) is 5.27. The van der Waals surface area contributed by atoms with Crippen LogP contribution in [0.15, 0.2) is 47.2 Å². The molecule has 2 aromatic heterocycles. The molecule has 2 aliphatic rings. The van der Waals surface area contributed by atoms with Gasteiger partial charge in [-0.25, -0.2) is 0 Å². The first-order chi connectivity index (χ1) is 15.8. The third-order valence-corrected chi connectivity index (χ3v) is 6.19. The van der Waals surface area contributed by atoms with E-state index in [2.05, 4.69) is 20.3 Å². The molecule has 4 heterocycles. The number of likely N-dealkylation sites (tertiary alicyclic amines) is 1. The molecule has 0 aliphatic carbocycles. The van der Waals surface area contributed by atoms with Gasteiger partial charge in [0.2, 0.25) is 0 Å². The molecule has 1 aromatic carbocycles. The number of para-hydroxylation sites is 1. The zero-order valence-corrected chi connectivity index (χ0v) is 18.1. The second-order valence-electron chi connectivity index (χ2n) is 8.48. The van der Waals surface area contributed by atoms with Crippen LogP contribution in [0.4, 0.5) is 0 Å². The number of nitrogens with zero attached hydrogens (tertiary/aromatic N) is 6. The molecule has 1 unspecified atom stereocenters. The Morgan fingerprint density at radius 2 is 1.97 bits per heavy atom. The number of aromatic nitrogens is 4. The van der Waals surface area contributed by atoms with Crippen molar-refractivity contribution in [3.8, 4) is 5.69 Å². The number of morpholine rings is 1. The molecule has 5 rings (SSSR count). The molecule has 2 saturated heterocycles. The predicted octanol–water partition coefficient (Wildman–Crippen LogP) is 2.18. The van der Waals surface area contributed by atoms with Gasteiger partial charge in [0.15, 0.2) is 11.5 Å².